The van der Waals surface area contributed by atoms with E-state index in [4.69, 9.17) is 4.98 Å². The van der Waals surface area contributed by atoms with Crippen molar-refractivity contribution in [3.8, 4) is 11.4 Å². The van der Waals surface area contributed by atoms with Crippen LogP contribution in [-0.4, -0.2) is 9.55 Å². The summed E-state index contributed by atoms with van der Waals surface area (Å²) in [5.74, 6) is 1.49. The minimum Gasteiger partial charge on any atom is -0.318 e. The molecule has 202 valence electrons. The van der Waals surface area contributed by atoms with Gasteiger partial charge in [-0.2, -0.15) is 0 Å². The van der Waals surface area contributed by atoms with Crippen molar-refractivity contribution in [3.05, 3.63) is 70.9 Å². The van der Waals surface area contributed by atoms with Crippen LogP contribution in [0.1, 0.15) is 112 Å². The first-order chi connectivity index (χ1) is 17.6. The zero-order chi connectivity index (χ0) is 28.0. The molecular formula is C35H47N3. The van der Waals surface area contributed by atoms with Gasteiger partial charge in [0.25, 0.3) is 0 Å². The highest BCUT2D eigenvalue weighted by atomic mass is 15.4. The van der Waals surface area contributed by atoms with E-state index in [0.29, 0.717) is 5.92 Å². The molecular weight excluding hydrogens is 462 g/mol. The predicted molar refractivity (Wildman–Crippen MR) is 164 cm³/mol. The van der Waals surface area contributed by atoms with Crippen molar-refractivity contribution in [2.75, 3.05) is 4.90 Å². The SMILES string of the molecule is C/C=C\C(=C/CC)N1c2cccc(C(C)C)c2-c2nc3cc4c(cc3n2C1(C)C)C(C)(C)C(C)(C)C4(C)C. The van der Waals surface area contributed by atoms with Gasteiger partial charge in [0.2, 0.25) is 0 Å². The Morgan fingerprint density at radius 1 is 0.947 bits per heavy atom. The van der Waals surface area contributed by atoms with Crippen molar-refractivity contribution in [3.63, 3.8) is 0 Å². The summed E-state index contributed by atoms with van der Waals surface area (Å²) in [4.78, 5) is 8.00. The highest BCUT2D eigenvalue weighted by molar-refractivity contribution is 5.91. The van der Waals surface area contributed by atoms with Crippen molar-refractivity contribution in [1.82, 2.24) is 9.55 Å². The van der Waals surface area contributed by atoms with Crippen molar-refractivity contribution in [1.29, 1.82) is 0 Å². The zero-order valence-electron chi connectivity index (χ0n) is 25.7. The molecule has 2 aromatic carbocycles. The number of anilines is 1. The standard InChI is InChI=1S/C35H47N3/c1-13-16-23(17-14-2)37-28-19-15-18-24(22(3)4)30(28)31-36-27-20-25-26(21-29(27)38(31)35(37,11)12)33(7,8)34(9,10)32(25,5)6/h13,15-22H,14H2,1-12H3/b16-13-,23-17+. The van der Waals surface area contributed by atoms with E-state index in [9.17, 15) is 0 Å². The molecule has 1 aromatic heterocycles. The molecule has 1 aliphatic carbocycles. The molecule has 0 saturated heterocycles. The van der Waals surface area contributed by atoms with E-state index < -0.39 is 0 Å². The van der Waals surface area contributed by atoms with Crippen LogP contribution < -0.4 is 4.90 Å². The molecule has 0 atom stereocenters. The normalized spacial score (nSPS) is 20.8. The second-order valence-corrected chi connectivity index (χ2v) is 13.8. The Labute approximate surface area is 230 Å². The van der Waals surface area contributed by atoms with Gasteiger partial charge in [-0.3, -0.25) is 0 Å². The van der Waals surface area contributed by atoms with Gasteiger partial charge >= 0.3 is 0 Å². The Kier molecular flexibility index (Phi) is 5.88. The molecule has 0 bridgehead atoms. The number of hydrogen-bond donors (Lipinski definition) is 0. The third-order valence-corrected chi connectivity index (χ3v) is 10.5. The van der Waals surface area contributed by atoms with Crippen LogP contribution >= 0.6 is 0 Å². The third kappa shape index (κ3) is 3.23. The van der Waals surface area contributed by atoms with Gasteiger partial charge in [0, 0.05) is 11.3 Å². The number of rotatable bonds is 4. The van der Waals surface area contributed by atoms with Crippen molar-refractivity contribution in [2.45, 2.75) is 112 Å². The Bertz CT molecular complexity index is 1490. The van der Waals surface area contributed by atoms with Crippen molar-refractivity contribution < 1.29 is 0 Å². The third-order valence-electron chi connectivity index (χ3n) is 10.5. The topological polar surface area (TPSA) is 21.1 Å². The Balaban J connectivity index is 1.93. The molecule has 2 aliphatic rings. The summed E-state index contributed by atoms with van der Waals surface area (Å²) in [6, 6.07) is 11.7. The number of benzene rings is 2. The van der Waals surface area contributed by atoms with Gasteiger partial charge < -0.3 is 9.47 Å². The van der Waals surface area contributed by atoms with E-state index in [1.54, 1.807) is 0 Å². The second-order valence-electron chi connectivity index (χ2n) is 13.8. The van der Waals surface area contributed by atoms with Gasteiger partial charge in [-0.05, 0) is 90.3 Å². The van der Waals surface area contributed by atoms with Crippen LogP contribution in [0.3, 0.4) is 0 Å². The fourth-order valence-electron chi connectivity index (χ4n) is 7.27. The number of hydrogen-bond acceptors (Lipinski definition) is 2. The first-order valence-corrected chi connectivity index (χ1v) is 14.5. The minimum absolute atomic E-state index is 0.0441. The summed E-state index contributed by atoms with van der Waals surface area (Å²) in [6.07, 6.45) is 7.75. The van der Waals surface area contributed by atoms with Crippen LogP contribution in [-0.2, 0) is 16.5 Å². The first kappa shape index (κ1) is 26.8. The number of allylic oxidation sites excluding steroid dienone is 3. The lowest BCUT2D eigenvalue weighted by molar-refractivity contribution is 0.125. The smallest absolute Gasteiger partial charge is 0.145 e. The Morgan fingerprint density at radius 2 is 1.58 bits per heavy atom. The van der Waals surface area contributed by atoms with Gasteiger partial charge in [0.1, 0.15) is 11.5 Å². The van der Waals surface area contributed by atoms with Crippen molar-refractivity contribution >= 4 is 16.7 Å². The highest BCUT2D eigenvalue weighted by Gasteiger charge is 2.57. The summed E-state index contributed by atoms with van der Waals surface area (Å²) in [5.41, 5.74) is 10.2. The molecule has 0 amide bonds. The molecule has 3 nitrogen and oxygen atoms in total. The zero-order valence-corrected chi connectivity index (χ0v) is 25.7. The van der Waals surface area contributed by atoms with E-state index in [0.717, 1.165) is 17.8 Å². The quantitative estimate of drug-likeness (QED) is 0.326. The van der Waals surface area contributed by atoms with E-state index in [1.807, 2.05) is 0 Å². The lowest BCUT2D eigenvalue weighted by Crippen LogP contribution is -2.48. The summed E-state index contributed by atoms with van der Waals surface area (Å²) in [5, 5.41) is 0. The number of imidazole rings is 1. The molecule has 3 aromatic rings. The lowest BCUT2D eigenvalue weighted by Gasteiger charge is -2.47. The molecule has 5 rings (SSSR count). The Morgan fingerprint density at radius 3 is 2.16 bits per heavy atom. The number of aromatic nitrogens is 2. The lowest BCUT2D eigenvalue weighted by atomic mass is 9.59. The van der Waals surface area contributed by atoms with Gasteiger partial charge in [-0.15, -0.1) is 0 Å². The largest absolute Gasteiger partial charge is 0.318 e. The second kappa shape index (κ2) is 8.34. The predicted octanol–water partition coefficient (Wildman–Crippen LogP) is 9.80. The monoisotopic (exact) mass is 509 g/mol. The summed E-state index contributed by atoms with van der Waals surface area (Å²) in [7, 11) is 0. The molecule has 38 heavy (non-hydrogen) atoms. The van der Waals surface area contributed by atoms with E-state index in [-0.39, 0.29) is 21.9 Å². The Hall–Kier alpha value is -2.81. The van der Waals surface area contributed by atoms with Crippen LogP contribution in [0.15, 0.2) is 54.3 Å². The van der Waals surface area contributed by atoms with Gasteiger partial charge in [0.05, 0.1) is 16.7 Å². The van der Waals surface area contributed by atoms with E-state index in [1.165, 1.54) is 39.2 Å². The summed E-state index contributed by atoms with van der Waals surface area (Å²) < 4.78 is 2.53. The van der Waals surface area contributed by atoms with Crippen LogP contribution in [0, 0.1) is 5.41 Å². The first-order valence-electron chi connectivity index (χ1n) is 14.5. The molecule has 2 heterocycles. The maximum Gasteiger partial charge on any atom is 0.145 e. The van der Waals surface area contributed by atoms with Gasteiger partial charge in [-0.1, -0.05) is 86.6 Å². The molecule has 0 radical (unpaired) electrons. The van der Waals surface area contributed by atoms with E-state index in [2.05, 4.69) is 141 Å². The molecule has 0 unspecified atom stereocenters. The molecule has 3 heteroatoms. The number of nitrogens with zero attached hydrogens (tertiary/aromatic N) is 3. The molecule has 0 fully saturated rings. The van der Waals surface area contributed by atoms with Gasteiger partial charge in [-0.25, -0.2) is 4.98 Å². The maximum absolute atomic E-state index is 5.46. The number of fused-ring (bicyclic) bond motifs is 6. The molecule has 1 aliphatic heterocycles. The van der Waals surface area contributed by atoms with Crippen LogP contribution in [0.5, 0.6) is 0 Å². The molecule has 0 N–H and O–H groups in total. The molecule has 0 spiro atoms. The summed E-state index contributed by atoms with van der Waals surface area (Å²) >= 11 is 0. The average Bonchev–Trinajstić information content (AvgIpc) is 3.25. The molecule has 0 saturated carbocycles. The van der Waals surface area contributed by atoms with Crippen LogP contribution in [0.4, 0.5) is 5.69 Å². The van der Waals surface area contributed by atoms with Crippen LogP contribution in [0.2, 0.25) is 0 Å². The average molecular weight is 510 g/mol. The fourth-order valence-corrected chi connectivity index (χ4v) is 7.27. The fraction of sp³-hybridized carbons (Fsp3) is 0.514. The maximum atomic E-state index is 5.46. The van der Waals surface area contributed by atoms with Crippen molar-refractivity contribution in [2.24, 2.45) is 5.41 Å². The highest BCUT2D eigenvalue weighted by Crippen LogP contribution is 2.62. The summed E-state index contributed by atoms with van der Waals surface area (Å²) in [6.45, 7) is 28.2. The van der Waals surface area contributed by atoms with E-state index >= 15 is 0 Å². The van der Waals surface area contributed by atoms with Gasteiger partial charge in [0.15, 0.2) is 0 Å². The van der Waals surface area contributed by atoms with Crippen LogP contribution in [0.25, 0.3) is 22.4 Å². The minimum atomic E-state index is -0.352.